The highest BCUT2D eigenvalue weighted by Crippen LogP contribution is 2.61. The maximum atomic E-state index is 12.9. The Hall–Kier alpha value is -2.83. The minimum Gasteiger partial charge on any atom is -0.456 e. The number of carbonyl (C=O) groups excluding carboxylic acids is 1. The van der Waals surface area contributed by atoms with Crippen LogP contribution in [-0.4, -0.2) is 30.5 Å². The number of hydrazone groups is 1. The van der Waals surface area contributed by atoms with E-state index < -0.39 is 35.6 Å². The molecule has 4 rings (SSSR count). The van der Waals surface area contributed by atoms with Crippen LogP contribution in [0.2, 0.25) is 0 Å². The Kier molecular flexibility index (Phi) is 5.10. The van der Waals surface area contributed by atoms with E-state index in [9.17, 15) is 18.0 Å². The van der Waals surface area contributed by atoms with Crippen molar-refractivity contribution in [3.05, 3.63) is 65.7 Å². The number of hydrogen-bond donors (Lipinski definition) is 0. The summed E-state index contributed by atoms with van der Waals surface area (Å²) < 4.78 is 42.8. The lowest BCUT2D eigenvalue weighted by Gasteiger charge is -2.39. The number of anilines is 1. The topological polar surface area (TPSA) is 41.9 Å². The van der Waals surface area contributed by atoms with Gasteiger partial charge in [-0.05, 0) is 51.3 Å². The average Bonchev–Trinajstić information content (AvgIpc) is 3.41. The number of esters is 1. The van der Waals surface area contributed by atoms with Gasteiger partial charge in [-0.2, -0.15) is 18.3 Å². The van der Waals surface area contributed by atoms with Gasteiger partial charge in [-0.3, -0.25) is 9.80 Å². The Morgan fingerprint density at radius 2 is 1.71 bits per heavy atom. The molecular formula is C24H25F3N2O2. The fraction of sp³-hybridized carbons (Fsp3) is 0.417. The Bertz CT molecular complexity index is 994. The molecule has 1 aliphatic heterocycles. The van der Waals surface area contributed by atoms with E-state index in [0.29, 0.717) is 0 Å². The summed E-state index contributed by atoms with van der Waals surface area (Å²) in [5.41, 5.74) is 2.08. The van der Waals surface area contributed by atoms with Gasteiger partial charge in [-0.1, -0.05) is 48.0 Å². The standard InChI is InChI=1S/C24H25F3N2O2/c1-16-9-11-18(12-10-16)29-20(22(2,3)21(30)31-15-24(25,26)27)23(13-14-23)19(28-29)17-7-5-4-6-8-17/h4-12,20H,13-15H2,1-3H3. The first-order valence-corrected chi connectivity index (χ1v) is 10.3. The zero-order chi connectivity index (χ0) is 22.4. The average molecular weight is 430 g/mol. The molecule has 7 heteroatoms. The van der Waals surface area contributed by atoms with Gasteiger partial charge in [0.05, 0.1) is 22.9 Å². The molecule has 2 aliphatic rings. The van der Waals surface area contributed by atoms with Gasteiger partial charge in [0.15, 0.2) is 6.61 Å². The van der Waals surface area contributed by atoms with Crippen molar-refractivity contribution in [2.75, 3.05) is 11.6 Å². The second-order valence-electron chi connectivity index (χ2n) is 8.97. The molecule has 1 spiro atoms. The Balaban J connectivity index is 1.75. The molecule has 4 nitrogen and oxygen atoms in total. The van der Waals surface area contributed by atoms with E-state index in [4.69, 9.17) is 9.84 Å². The zero-order valence-electron chi connectivity index (χ0n) is 17.7. The fourth-order valence-corrected chi connectivity index (χ4v) is 4.56. The third-order valence-electron chi connectivity index (χ3n) is 6.16. The summed E-state index contributed by atoms with van der Waals surface area (Å²) in [4.78, 5) is 12.9. The first kappa shape index (κ1) is 21.4. The van der Waals surface area contributed by atoms with Crippen LogP contribution in [0.4, 0.5) is 18.9 Å². The van der Waals surface area contributed by atoms with Gasteiger partial charge in [0.25, 0.3) is 0 Å². The van der Waals surface area contributed by atoms with Crippen LogP contribution < -0.4 is 5.01 Å². The second-order valence-corrected chi connectivity index (χ2v) is 8.97. The second kappa shape index (κ2) is 7.39. The highest BCUT2D eigenvalue weighted by Gasteiger charge is 2.66. The van der Waals surface area contributed by atoms with E-state index in [0.717, 1.165) is 35.4 Å². The third-order valence-corrected chi connectivity index (χ3v) is 6.16. The predicted octanol–water partition coefficient (Wildman–Crippen LogP) is 5.50. The van der Waals surface area contributed by atoms with Gasteiger partial charge >= 0.3 is 12.1 Å². The van der Waals surface area contributed by atoms with E-state index in [1.165, 1.54) is 0 Å². The normalized spacial score (nSPS) is 20.0. The van der Waals surface area contributed by atoms with E-state index in [1.807, 2.05) is 66.5 Å². The van der Waals surface area contributed by atoms with Crippen LogP contribution in [0.5, 0.6) is 0 Å². The van der Waals surface area contributed by atoms with Crippen LogP contribution in [0.15, 0.2) is 59.7 Å². The molecule has 0 saturated heterocycles. The maximum Gasteiger partial charge on any atom is 0.422 e. The highest BCUT2D eigenvalue weighted by molar-refractivity contribution is 6.10. The highest BCUT2D eigenvalue weighted by atomic mass is 19.4. The van der Waals surface area contributed by atoms with Crippen molar-refractivity contribution in [3.63, 3.8) is 0 Å². The monoisotopic (exact) mass is 430 g/mol. The van der Waals surface area contributed by atoms with Crippen molar-refractivity contribution in [1.29, 1.82) is 0 Å². The molecule has 1 atom stereocenters. The van der Waals surface area contributed by atoms with E-state index in [-0.39, 0.29) is 0 Å². The molecule has 0 N–H and O–H groups in total. The lowest BCUT2D eigenvalue weighted by molar-refractivity contribution is -0.193. The van der Waals surface area contributed by atoms with Crippen LogP contribution in [0.3, 0.4) is 0 Å². The van der Waals surface area contributed by atoms with E-state index in [1.54, 1.807) is 13.8 Å². The summed E-state index contributed by atoms with van der Waals surface area (Å²) in [5.74, 6) is -0.872. The van der Waals surface area contributed by atoms with Gasteiger partial charge < -0.3 is 4.74 Å². The largest absolute Gasteiger partial charge is 0.456 e. The first-order chi connectivity index (χ1) is 14.5. The van der Waals surface area contributed by atoms with Gasteiger partial charge in [0, 0.05) is 5.41 Å². The zero-order valence-corrected chi connectivity index (χ0v) is 17.7. The molecule has 1 saturated carbocycles. The number of halogens is 3. The van der Waals surface area contributed by atoms with E-state index in [2.05, 4.69) is 0 Å². The minimum absolute atomic E-state index is 0.410. The molecule has 164 valence electrons. The summed E-state index contributed by atoms with van der Waals surface area (Å²) in [6.45, 7) is 3.69. The molecule has 1 aliphatic carbocycles. The lowest BCUT2D eigenvalue weighted by Crippen LogP contribution is -2.51. The Morgan fingerprint density at radius 1 is 1.10 bits per heavy atom. The number of benzene rings is 2. The van der Waals surface area contributed by atoms with Crippen molar-refractivity contribution in [1.82, 2.24) is 0 Å². The number of hydrogen-bond acceptors (Lipinski definition) is 4. The van der Waals surface area contributed by atoms with Gasteiger partial charge in [0.1, 0.15) is 0 Å². The molecule has 0 aromatic heterocycles. The van der Waals surface area contributed by atoms with Crippen molar-refractivity contribution < 1.29 is 22.7 Å². The predicted molar refractivity (Wildman–Crippen MR) is 113 cm³/mol. The van der Waals surface area contributed by atoms with Crippen LogP contribution in [-0.2, 0) is 9.53 Å². The van der Waals surface area contributed by atoms with E-state index >= 15 is 0 Å². The maximum absolute atomic E-state index is 12.9. The molecule has 0 bridgehead atoms. The summed E-state index contributed by atoms with van der Waals surface area (Å²) >= 11 is 0. The van der Waals surface area contributed by atoms with Crippen LogP contribution in [0, 0.1) is 17.8 Å². The Labute approximate surface area is 179 Å². The molecule has 2 aromatic carbocycles. The van der Waals surface area contributed by atoms with Gasteiger partial charge in [-0.15, -0.1) is 0 Å². The quantitative estimate of drug-likeness (QED) is 0.589. The van der Waals surface area contributed by atoms with Crippen LogP contribution in [0.25, 0.3) is 0 Å². The summed E-state index contributed by atoms with van der Waals surface area (Å²) in [5, 5.41) is 6.74. The molecule has 2 aromatic rings. The SMILES string of the molecule is Cc1ccc(N2N=C(c3ccccc3)C3(CC3)C2C(C)(C)C(=O)OCC(F)(F)F)cc1. The number of alkyl halides is 3. The third kappa shape index (κ3) is 3.93. The van der Waals surface area contributed by atoms with Crippen molar-refractivity contribution in [2.24, 2.45) is 15.9 Å². The molecular weight excluding hydrogens is 405 g/mol. The van der Waals surface area contributed by atoms with Crippen molar-refractivity contribution >= 4 is 17.4 Å². The number of rotatable bonds is 5. The smallest absolute Gasteiger partial charge is 0.422 e. The molecule has 0 radical (unpaired) electrons. The summed E-state index contributed by atoms with van der Waals surface area (Å²) in [7, 11) is 0. The van der Waals surface area contributed by atoms with Gasteiger partial charge in [0.2, 0.25) is 0 Å². The van der Waals surface area contributed by atoms with Crippen molar-refractivity contribution in [2.45, 2.75) is 45.8 Å². The number of aryl methyl sites for hydroxylation is 1. The lowest BCUT2D eigenvalue weighted by atomic mass is 9.72. The Morgan fingerprint density at radius 3 is 2.26 bits per heavy atom. The summed E-state index contributed by atoms with van der Waals surface area (Å²) in [6, 6.07) is 17.0. The fourth-order valence-electron chi connectivity index (χ4n) is 4.56. The molecule has 0 amide bonds. The molecule has 1 unspecified atom stereocenters. The van der Waals surface area contributed by atoms with Crippen molar-refractivity contribution in [3.8, 4) is 0 Å². The molecule has 1 heterocycles. The minimum atomic E-state index is -4.57. The first-order valence-electron chi connectivity index (χ1n) is 10.3. The molecule has 31 heavy (non-hydrogen) atoms. The number of carbonyl (C=O) groups is 1. The number of ether oxygens (including phenoxy) is 1. The van der Waals surface area contributed by atoms with Crippen LogP contribution in [0.1, 0.15) is 37.8 Å². The van der Waals surface area contributed by atoms with Crippen LogP contribution >= 0.6 is 0 Å². The molecule has 1 fully saturated rings. The number of nitrogens with zero attached hydrogens (tertiary/aromatic N) is 2. The summed E-state index contributed by atoms with van der Waals surface area (Å²) in [6.07, 6.45) is -2.95. The van der Waals surface area contributed by atoms with Gasteiger partial charge in [-0.25, -0.2) is 0 Å².